The fourth-order valence-corrected chi connectivity index (χ4v) is 1.92. The summed E-state index contributed by atoms with van der Waals surface area (Å²) in [6, 6.07) is 10.9. The second kappa shape index (κ2) is 5.58. The normalized spacial score (nSPS) is 15.8. The average molecular weight is 281 g/mol. The summed E-state index contributed by atoms with van der Waals surface area (Å²) in [7, 11) is 1.60. The topological polar surface area (TPSA) is 62.0 Å². The van der Waals surface area contributed by atoms with Crippen LogP contribution in [0.2, 0.25) is 0 Å². The summed E-state index contributed by atoms with van der Waals surface area (Å²) in [5, 5.41) is 0. The van der Waals surface area contributed by atoms with E-state index < -0.39 is 5.97 Å². The van der Waals surface area contributed by atoms with Crippen molar-refractivity contribution >= 4 is 17.9 Å². The fraction of sp³-hybridized carbons (Fsp3) is 0.0625. The van der Waals surface area contributed by atoms with Crippen molar-refractivity contribution in [1.82, 2.24) is 0 Å². The van der Waals surface area contributed by atoms with Gasteiger partial charge in [-0.3, -0.25) is 0 Å². The monoisotopic (exact) mass is 281 g/mol. The summed E-state index contributed by atoms with van der Waals surface area (Å²) in [4.78, 5) is 19.0. The predicted octanol–water partition coefficient (Wildman–Crippen LogP) is 1.85. The largest absolute Gasteiger partial charge is 0.497 e. The van der Waals surface area contributed by atoms with Crippen LogP contribution in [0.1, 0.15) is 11.1 Å². The van der Waals surface area contributed by atoms with Crippen LogP contribution < -0.4 is 9.72 Å². The van der Waals surface area contributed by atoms with Crippen LogP contribution >= 0.6 is 0 Å². The lowest BCUT2D eigenvalue weighted by atomic mass is 10.2. The van der Waals surface area contributed by atoms with E-state index in [1.165, 1.54) is 0 Å². The molecule has 1 aliphatic heterocycles. The van der Waals surface area contributed by atoms with Crippen LogP contribution in [0.3, 0.4) is 0 Å². The number of carbonyl (C=O) groups excluding carboxylic acids is 1. The van der Waals surface area contributed by atoms with Gasteiger partial charge in [-0.15, -0.1) is 0 Å². The Kier molecular flexibility index (Phi) is 3.47. The number of benzene rings is 1. The molecular weight excluding hydrogens is 268 g/mol. The summed E-state index contributed by atoms with van der Waals surface area (Å²) < 4.78 is 10.3. The Balaban J connectivity index is 1.89. The molecule has 21 heavy (non-hydrogen) atoms. The third-order valence-electron chi connectivity index (χ3n) is 2.99. The quantitative estimate of drug-likeness (QED) is 0.637. The summed E-state index contributed by atoms with van der Waals surface area (Å²) in [6.45, 7) is 0. The van der Waals surface area contributed by atoms with Crippen molar-refractivity contribution in [2.45, 2.75) is 0 Å². The molecule has 0 amide bonds. The minimum absolute atomic E-state index is 0.278. The van der Waals surface area contributed by atoms with Crippen LogP contribution in [-0.2, 0) is 9.53 Å². The molecule has 104 valence electrons. The van der Waals surface area contributed by atoms with Crippen molar-refractivity contribution in [3.8, 4) is 5.75 Å². The first-order valence-electron chi connectivity index (χ1n) is 6.39. The van der Waals surface area contributed by atoms with Gasteiger partial charge >= 0.3 is 5.97 Å². The number of aromatic amines is 1. The van der Waals surface area contributed by atoms with E-state index in [4.69, 9.17) is 9.47 Å². The molecule has 0 saturated carbocycles. The van der Waals surface area contributed by atoms with Crippen molar-refractivity contribution in [3.63, 3.8) is 0 Å². The molecule has 5 heteroatoms. The highest BCUT2D eigenvalue weighted by atomic mass is 16.6. The van der Waals surface area contributed by atoms with Crippen molar-refractivity contribution in [3.05, 3.63) is 65.6 Å². The van der Waals surface area contributed by atoms with Crippen molar-refractivity contribution < 1.29 is 19.3 Å². The third kappa shape index (κ3) is 2.81. The lowest BCUT2D eigenvalue weighted by molar-refractivity contribution is -0.378. The molecule has 0 saturated heterocycles. The number of hydrogen-bond donors (Lipinski definition) is 0. The fourth-order valence-electron chi connectivity index (χ4n) is 1.92. The number of nitrogens with zero attached hydrogens (tertiary/aromatic N) is 1. The van der Waals surface area contributed by atoms with Gasteiger partial charge in [-0.1, -0.05) is 0 Å². The highest BCUT2D eigenvalue weighted by Crippen LogP contribution is 2.20. The first-order chi connectivity index (χ1) is 10.3. The molecule has 1 aromatic carbocycles. The molecule has 5 nitrogen and oxygen atoms in total. The van der Waals surface area contributed by atoms with E-state index in [-0.39, 0.29) is 5.70 Å². The van der Waals surface area contributed by atoms with Crippen LogP contribution in [0, 0.1) is 0 Å². The SMILES string of the molecule is COc1ccc(C2=NC(=Cc3ccc[nH+]c3)C(=O)O2)cc1. The van der Waals surface area contributed by atoms with Gasteiger partial charge in [0.05, 0.1) is 7.11 Å². The smallest absolute Gasteiger partial charge is 0.363 e. The number of ether oxygens (including phenoxy) is 2. The molecule has 0 spiro atoms. The lowest BCUT2D eigenvalue weighted by Crippen LogP contribution is -2.05. The van der Waals surface area contributed by atoms with E-state index in [0.717, 1.165) is 16.9 Å². The number of cyclic esters (lactones) is 1. The molecule has 1 aliphatic rings. The van der Waals surface area contributed by atoms with Crippen LogP contribution in [0.4, 0.5) is 0 Å². The number of pyridine rings is 1. The van der Waals surface area contributed by atoms with Gasteiger partial charge in [0.2, 0.25) is 5.90 Å². The lowest BCUT2D eigenvalue weighted by Gasteiger charge is -2.01. The Labute approximate surface area is 121 Å². The minimum atomic E-state index is -0.454. The van der Waals surface area contributed by atoms with Crippen molar-refractivity contribution in [2.24, 2.45) is 4.99 Å². The molecular formula is C16H13N2O3+. The first-order valence-corrected chi connectivity index (χ1v) is 6.39. The highest BCUT2D eigenvalue weighted by molar-refractivity contribution is 6.12. The maximum atomic E-state index is 11.8. The Morgan fingerprint density at radius 1 is 1.24 bits per heavy atom. The van der Waals surface area contributed by atoms with Crippen LogP contribution in [0.25, 0.3) is 6.08 Å². The average Bonchev–Trinajstić information content (AvgIpc) is 2.89. The van der Waals surface area contributed by atoms with Gasteiger partial charge in [-0.25, -0.2) is 14.8 Å². The standard InChI is InChI=1S/C16H12N2O3/c1-20-13-6-4-12(5-7-13)15-18-14(16(19)21-15)9-11-3-2-8-17-10-11/h2-10H,1H3/p+1. The molecule has 0 unspecified atom stereocenters. The summed E-state index contributed by atoms with van der Waals surface area (Å²) in [5.41, 5.74) is 1.86. The minimum Gasteiger partial charge on any atom is -0.497 e. The number of nitrogens with one attached hydrogen (secondary N) is 1. The number of aliphatic imine (C=N–C) groups is 1. The highest BCUT2D eigenvalue weighted by Gasteiger charge is 2.24. The van der Waals surface area contributed by atoms with E-state index in [2.05, 4.69) is 9.98 Å². The maximum Gasteiger partial charge on any atom is 0.363 e. The number of H-pyrrole nitrogens is 1. The Bertz CT molecular complexity index is 719. The van der Waals surface area contributed by atoms with Crippen LogP contribution in [0.15, 0.2) is 59.5 Å². The molecule has 2 aromatic rings. The van der Waals surface area contributed by atoms with Crippen LogP contribution in [-0.4, -0.2) is 19.0 Å². The van der Waals surface area contributed by atoms with Gasteiger partial charge in [0.25, 0.3) is 0 Å². The molecule has 1 N–H and O–H groups in total. The van der Waals surface area contributed by atoms with Gasteiger partial charge < -0.3 is 9.47 Å². The zero-order valence-electron chi connectivity index (χ0n) is 11.4. The molecule has 0 atom stereocenters. The van der Waals surface area contributed by atoms with Gasteiger partial charge in [-0.05, 0) is 36.4 Å². The number of carbonyl (C=O) groups is 1. The molecule has 0 fully saturated rings. The zero-order chi connectivity index (χ0) is 14.7. The van der Waals surface area contributed by atoms with Crippen molar-refractivity contribution in [1.29, 1.82) is 0 Å². The maximum absolute atomic E-state index is 11.8. The van der Waals surface area contributed by atoms with Crippen LogP contribution in [0.5, 0.6) is 5.75 Å². The summed E-state index contributed by atoms with van der Waals surface area (Å²) >= 11 is 0. The molecule has 3 rings (SSSR count). The molecule has 0 radical (unpaired) electrons. The summed E-state index contributed by atoms with van der Waals surface area (Å²) in [5.74, 6) is 0.581. The summed E-state index contributed by atoms with van der Waals surface area (Å²) in [6.07, 6.45) is 5.25. The van der Waals surface area contributed by atoms with E-state index in [1.54, 1.807) is 49.8 Å². The number of rotatable bonds is 3. The number of methoxy groups -OCH3 is 1. The zero-order valence-corrected chi connectivity index (χ0v) is 11.4. The number of aromatic nitrogens is 1. The molecule has 2 heterocycles. The van der Waals surface area contributed by atoms with E-state index in [1.807, 2.05) is 12.1 Å². The van der Waals surface area contributed by atoms with Gasteiger partial charge in [-0.2, -0.15) is 0 Å². The van der Waals surface area contributed by atoms with Gasteiger partial charge in [0.15, 0.2) is 18.1 Å². The Morgan fingerprint density at radius 3 is 2.71 bits per heavy atom. The molecule has 0 bridgehead atoms. The molecule has 0 aliphatic carbocycles. The van der Waals surface area contributed by atoms with E-state index in [9.17, 15) is 4.79 Å². The van der Waals surface area contributed by atoms with E-state index in [0.29, 0.717) is 5.90 Å². The van der Waals surface area contributed by atoms with Crippen molar-refractivity contribution in [2.75, 3.05) is 7.11 Å². The van der Waals surface area contributed by atoms with Gasteiger partial charge in [0.1, 0.15) is 5.75 Å². The molecule has 1 aromatic heterocycles. The Morgan fingerprint density at radius 2 is 2.05 bits per heavy atom. The second-order valence-electron chi connectivity index (χ2n) is 4.40. The number of hydrogen-bond acceptors (Lipinski definition) is 4. The van der Waals surface area contributed by atoms with Gasteiger partial charge in [0, 0.05) is 17.2 Å². The van der Waals surface area contributed by atoms with E-state index >= 15 is 0 Å². The first kappa shape index (κ1) is 13.1. The number of esters is 1. The third-order valence-corrected chi connectivity index (χ3v) is 2.99. The Hall–Kier alpha value is -2.95. The second-order valence-corrected chi connectivity index (χ2v) is 4.40. The predicted molar refractivity (Wildman–Crippen MR) is 76.6 cm³/mol.